The van der Waals surface area contributed by atoms with Crippen molar-refractivity contribution in [1.82, 2.24) is 24.8 Å². The molecule has 3 aromatic rings. The lowest BCUT2D eigenvalue weighted by atomic mass is 10.00. The normalized spacial score (nSPS) is 15.5. The minimum atomic E-state index is -0.556. The highest BCUT2D eigenvalue weighted by Crippen LogP contribution is 2.27. The van der Waals surface area contributed by atoms with Crippen LogP contribution in [0.15, 0.2) is 41.0 Å². The molecule has 1 atom stereocenters. The van der Waals surface area contributed by atoms with Gasteiger partial charge in [0.2, 0.25) is 11.8 Å². The molecule has 0 radical (unpaired) electrons. The van der Waals surface area contributed by atoms with Gasteiger partial charge in [0.05, 0.1) is 36.1 Å². The number of halogens is 2. The van der Waals surface area contributed by atoms with Crippen LogP contribution in [0.3, 0.4) is 0 Å². The van der Waals surface area contributed by atoms with Gasteiger partial charge < -0.3 is 15.0 Å². The van der Waals surface area contributed by atoms with Crippen LogP contribution in [-0.2, 0) is 17.8 Å². The maximum atomic E-state index is 14.2. The van der Waals surface area contributed by atoms with E-state index in [-0.39, 0.29) is 36.5 Å². The third kappa shape index (κ3) is 5.21. The van der Waals surface area contributed by atoms with E-state index in [1.54, 1.807) is 23.2 Å². The number of piperazine rings is 1. The van der Waals surface area contributed by atoms with Gasteiger partial charge in [-0.1, -0.05) is 6.07 Å². The molecule has 1 fully saturated rings. The molecule has 10 heteroatoms. The van der Waals surface area contributed by atoms with Crippen molar-refractivity contribution in [3.8, 4) is 11.9 Å². The van der Waals surface area contributed by atoms with Crippen LogP contribution in [-0.4, -0.2) is 55.4 Å². The largest absolute Gasteiger partial charge is 0.493 e. The summed E-state index contributed by atoms with van der Waals surface area (Å²) >= 11 is 3.41. The molecule has 2 N–H and O–H groups in total. The molecule has 3 heterocycles. The molecule has 1 unspecified atom stereocenters. The number of hydrogen-bond acceptors (Lipinski definition) is 6. The molecular formula is C23H22BrFN6O2. The number of carbonyl (C=O) groups excluding carboxylic acids is 1. The van der Waals surface area contributed by atoms with Gasteiger partial charge in [-0.3, -0.25) is 9.69 Å². The van der Waals surface area contributed by atoms with Gasteiger partial charge in [0.15, 0.2) is 0 Å². The number of aryl methyl sites for hydroxylation is 1. The molecule has 33 heavy (non-hydrogen) atoms. The Hall–Kier alpha value is -3.29. The molecule has 8 nitrogen and oxygen atoms in total. The van der Waals surface area contributed by atoms with Crippen molar-refractivity contribution in [2.45, 2.75) is 25.9 Å². The standard InChI is InChI=1S/C23H22BrFN6O2/c1-14-27-11-19(28-14)21(9-15-2-3-16(10-26)18(25)8-15)30-6-7-31(23(33)13-30)12-20-17(24)4-5-22(32)29-20/h2-5,8,11,21H,6-7,9,12-13H2,1H3,(H,27,28)(H,29,32). The van der Waals surface area contributed by atoms with Gasteiger partial charge in [-0.05, 0) is 53.0 Å². The molecule has 0 spiro atoms. The van der Waals surface area contributed by atoms with Crippen molar-refractivity contribution in [1.29, 1.82) is 5.26 Å². The fourth-order valence-electron chi connectivity index (χ4n) is 3.97. The minimum absolute atomic E-state index is 0.00296. The summed E-state index contributed by atoms with van der Waals surface area (Å²) in [6.07, 6.45) is 2.20. The van der Waals surface area contributed by atoms with E-state index in [1.165, 1.54) is 18.2 Å². The van der Waals surface area contributed by atoms with Crippen LogP contribution >= 0.6 is 15.9 Å². The van der Waals surface area contributed by atoms with Crippen molar-refractivity contribution in [3.05, 3.63) is 75.2 Å². The molecule has 4 rings (SSSR count). The number of hydrogen-bond donors (Lipinski definition) is 2. The Labute approximate surface area is 198 Å². The van der Waals surface area contributed by atoms with Crippen LogP contribution in [0.2, 0.25) is 0 Å². The van der Waals surface area contributed by atoms with Crippen molar-refractivity contribution in [2.24, 2.45) is 0 Å². The van der Waals surface area contributed by atoms with Crippen LogP contribution in [0.25, 0.3) is 0 Å². The van der Waals surface area contributed by atoms with E-state index >= 15 is 0 Å². The van der Waals surface area contributed by atoms with Gasteiger partial charge in [-0.25, -0.2) is 14.4 Å². The maximum Gasteiger partial charge on any atom is 0.237 e. The van der Waals surface area contributed by atoms with E-state index in [1.807, 2.05) is 17.9 Å². The van der Waals surface area contributed by atoms with E-state index in [4.69, 9.17) is 5.26 Å². The number of benzene rings is 1. The molecule has 1 amide bonds. The Kier molecular flexibility index (Phi) is 6.72. The molecule has 0 bridgehead atoms. The molecule has 1 aliphatic heterocycles. The molecule has 2 aromatic heterocycles. The summed E-state index contributed by atoms with van der Waals surface area (Å²) in [5, 5.41) is 18.7. The first kappa shape index (κ1) is 22.9. The average molecular weight is 513 g/mol. The van der Waals surface area contributed by atoms with E-state index < -0.39 is 5.82 Å². The predicted octanol–water partition coefficient (Wildman–Crippen LogP) is 3.22. The first-order valence-corrected chi connectivity index (χ1v) is 11.2. The third-order valence-corrected chi connectivity index (χ3v) is 6.42. The molecule has 0 aliphatic carbocycles. The number of imidazole rings is 1. The Morgan fingerprint density at radius 3 is 2.82 bits per heavy atom. The summed E-state index contributed by atoms with van der Waals surface area (Å²) in [7, 11) is 0. The second-order valence-electron chi connectivity index (χ2n) is 7.95. The third-order valence-electron chi connectivity index (χ3n) is 5.70. The number of amides is 1. The second-order valence-corrected chi connectivity index (χ2v) is 8.81. The highest BCUT2D eigenvalue weighted by atomic mass is 79.9. The summed E-state index contributed by atoms with van der Waals surface area (Å²) in [5.74, 6) is 0.0413. The number of nitrogens with one attached hydrogen (secondary N) is 1. The van der Waals surface area contributed by atoms with Gasteiger partial charge >= 0.3 is 0 Å². The van der Waals surface area contributed by atoms with Crippen molar-refractivity contribution in [3.63, 3.8) is 0 Å². The Morgan fingerprint density at radius 1 is 1.33 bits per heavy atom. The fourth-order valence-corrected chi connectivity index (χ4v) is 4.32. The summed E-state index contributed by atoms with van der Waals surface area (Å²) in [6, 6.07) is 9.39. The van der Waals surface area contributed by atoms with E-state index in [0.29, 0.717) is 25.2 Å². The first-order valence-electron chi connectivity index (χ1n) is 10.4. The quantitative estimate of drug-likeness (QED) is 0.524. The lowest BCUT2D eigenvalue weighted by Gasteiger charge is -2.38. The number of aromatic hydroxyl groups is 1. The van der Waals surface area contributed by atoms with E-state index in [9.17, 15) is 14.3 Å². The van der Waals surface area contributed by atoms with Gasteiger partial charge in [-0.15, -0.1) is 0 Å². The highest BCUT2D eigenvalue weighted by Gasteiger charge is 2.31. The van der Waals surface area contributed by atoms with Crippen LogP contribution in [0.1, 0.15) is 34.4 Å². The summed E-state index contributed by atoms with van der Waals surface area (Å²) in [4.78, 5) is 28.4. The van der Waals surface area contributed by atoms with Crippen molar-refractivity contribution < 1.29 is 14.3 Å². The lowest BCUT2D eigenvalue weighted by Crippen LogP contribution is -2.51. The average Bonchev–Trinajstić information content (AvgIpc) is 3.22. The number of aromatic nitrogens is 3. The molecule has 1 aliphatic rings. The Balaban J connectivity index is 1.52. The van der Waals surface area contributed by atoms with Crippen molar-refractivity contribution >= 4 is 21.8 Å². The lowest BCUT2D eigenvalue weighted by molar-refractivity contribution is -0.138. The van der Waals surface area contributed by atoms with Crippen LogP contribution in [0.5, 0.6) is 5.88 Å². The van der Waals surface area contributed by atoms with Crippen LogP contribution < -0.4 is 0 Å². The molecule has 1 saturated heterocycles. The number of H-pyrrole nitrogens is 1. The maximum absolute atomic E-state index is 14.2. The number of carbonyl (C=O) groups is 1. The van der Waals surface area contributed by atoms with Gasteiger partial charge in [0.1, 0.15) is 17.7 Å². The number of rotatable bonds is 6. The number of aromatic amines is 1. The zero-order valence-electron chi connectivity index (χ0n) is 17.9. The smallest absolute Gasteiger partial charge is 0.237 e. The topological polar surface area (TPSA) is 109 Å². The molecular weight excluding hydrogens is 491 g/mol. The van der Waals surface area contributed by atoms with E-state index in [2.05, 4.69) is 30.9 Å². The van der Waals surface area contributed by atoms with E-state index in [0.717, 1.165) is 21.6 Å². The summed E-state index contributed by atoms with van der Waals surface area (Å²) in [5.41, 5.74) is 2.16. The summed E-state index contributed by atoms with van der Waals surface area (Å²) < 4.78 is 14.9. The summed E-state index contributed by atoms with van der Waals surface area (Å²) in [6.45, 7) is 3.40. The number of pyridine rings is 1. The molecule has 0 saturated carbocycles. The van der Waals surface area contributed by atoms with Crippen LogP contribution in [0.4, 0.5) is 4.39 Å². The Morgan fingerprint density at radius 2 is 2.15 bits per heavy atom. The fraction of sp³-hybridized carbons (Fsp3) is 0.304. The SMILES string of the molecule is Cc1ncc(C(Cc2ccc(C#N)c(F)c2)N2CCN(Cc3nc(O)ccc3Br)C(=O)C2)[nH]1. The Bertz CT molecular complexity index is 1220. The number of nitriles is 1. The van der Waals surface area contributed by atoms with Crippen LogP contribution in [0, 0.1) is 24.1 Å². The highest BCUT2D eigenvalue weighted by molar-refractivity contribution is 9.10. The molecule has 170 valence electrons. The zero-order chi connectivity index (χ0) is 23.5. The second kappa shape index (κ2) is 9.68. The van der Waals surface area contributed by atoms with Crippen molar-refractivity contribution in [2.75, 3.05) is 19.6 Å². The predicted molar refractivity (Wildman–Crippen MR) is 121 cm³/mol. The minimum Gasteiger partial charge on any atom is -0.493 e. The number of nitrogens with zero attached hydrogens (tertiary/aromatic N) is 5. The van der Waals surface area contributed by atoms with Gasteiger partial charge in [0, 0.05) is 29.8 Å². The molecule has 1 aromatic carbocycles. The zero-order valence-corrected chi connectivity index (χ0v) is 19.5. The van der Waals surface area contributed by atoms with Gasteiger partial charge in [0.25, 0.3) is 0 Å². The monoisotopic (exact) mass is 512 g/mol. The first-order chi connectivity index (χ1) is 15.8. The van der Waals surface area contributed by atoms with Gasteiger partial charge in [-0.2, -0.15) is 5.26 Å².